The molecular weight excluding hydrogens is 342 g/mol. The highest BCUT2D eigenvalue weighted by molar-refractivity contribution is 9.10. The Morgan fingerprint density at radius 3 is 2.80 bits per heavy atom. The first kappa shape index (κ1) is 15.8. The molecule has 0 spiro atoms. The largest absolute Gasteiger partial charge is 0.388 e. The van der Waals surface area contributed by atoms with Crippen molar-refractivity contribution in [1.82, 2.24) is 5.32 Å². The molecule has 0 heterocycles. The Morgan fingerprint density at radius 2 is 2.15 bits per heavy atom. The molecule has 3 nitrogen and oxygen atoms in total. The SMILES string of the molecule is CC1CCC(O)(CNC(=O)c2cc(Br)ccc2Cl)CC1. The Balaban J connectivity index is 1.97. The Bertz CT molecular complexity index is 499. The van der Waals surface area contributed by atoms with E-state index >= 15 is 0 Å². The van der Waals surface area contributed by atoms with E-state index in [4.69, 9.17) is 11.6 Å². The summed E-state index contributed by atoms with van der Waals surface area (Å²) >= 11 is 9.34. The van der Waals surface area contributed by atoms with Crippen molar-refractivity contribution in [3.63, 3.8) is 0 Å². The van der Waals surface area contributed by atoms with Gasteiger partial charge in [0.25, 0.3) is 5.91 Å². The van der Waals surface area contributed by atoms with E-state index in [0.29, 0.717) is 16.5 Å². The minimum absolute atomic E-state index is 0.247. The number of carbonyl (C=O) groups is 1. The first-order chi connectivity index (χ1) is 9.39. The molecule has 2 N–H and O–H groups in total. The molecule has 1 amide bonds. The van der Waals surface area contributed by atoms with E-state index in [1.165, 1.54) is 0 Å². The highest BCUT2D eigenvalue weighted by Crippen LogP contribution is 2.31. The second kappa shape index (κ2) is 6.46. The molecule has 1 aromatic carbocycles. The third-order valence-corrected chi connectivity index (χ3v) is 4.78. The summed E-state index contributed by atoms with van der Waals surface area (Å²) < 4.78 is 0.803. The second-order valence-electron chi connectivity index (χ2n) is 5.71. The molecule has 5 heteroatoms. The standard InChI is InChI=1S/C15H19BrClNO2/c1-10-4-6-15(20,7-5-10)9-18-14(19)12-8-11(16)2-3-13(12)17/h2-3,8,10,20H,4-7,9H2,1H3,(H,18,19). The number of halogens is 2. The van der Waals surface area contributed by atoms with Gasteiger partial charge in [0.1, 0.15) is 0 Å². The van der Waals surface area contributed by atoms with Crippen molar-refractivity contribution in [2.75, 3.05) is 6.54 Å². The van der Waals surface area contributed by atoms with Gasteiger partial charge in [-0.05, 0) is 49.8 Å². The maximum Gasteiger partial charge on any atom is 0.252 e. The van der Waals surface area contributed by atoms with Gasteiger partial charge in [-0.25, -0.2) is 0 Å². The maximum atomic E-state index is 12.1. The van der Waals surface area contributed by atoms with Gasteiger partial charge in [0.15, 0.2) is 0 Å². The van der Waals surface area contributed by atoms with E-state index in [2.05, 4.69) is 28.2 Å². The zero-order chi connectivity index (χ0) is 14.8. The average molecular weight is 361 g/mol. The minimum atomic E-state index is -0.777. The van der Waals surface area contributed by atoms with Gasteiger partial charge in [0.05, 0.1) is 16.2 Å². The molecule has 2 rings (SSSR count). The van der Waals surface area contributed by atoms with Crippen LogP contribution in [-0.2, 0) is 0 Å². The third-order valence-electron chi connectivity index (χ3n) is 3.96. The van der Waals surface area contributed by atoms with Crippen molar-refractivity contribution in [3.05, 3.63) is 33.3 Å². The van der Waals surface area contributed by atoms with Crippen LogP contribution in [0.2, 0.25) is 5.02 Å². The van der Waals surface area contributed by atoms with Gasteiger partial charge in [-0.15, -0.1) is 0 Å². The molecule has 110 valence electrons. The maximum absolute atomic E-state index is 12.1. The van der Waals surface area contributed by atoms with Crippen LogP contribution in [0.1, 0.15) is 43.0 Å². The number of rotatable bonds is 3. The summed E-state index contributed by atoms with van der Waals surface area (Å²) in [4.78, 5) is 12.1. The average Bonchev–Trinajstić information content (AvgIpc) is 2.43. The van der Waals surface area contributed by atoms with Crippen LogP contribution in [0.5, 0.6) is 0 Å². The Morgan fingerprint density at radius 1 is 1.50 bits per heavy atom. The van der Waals surface area contributed by atoms with Gasteiger partial charge in [-0.1, -0.05) is 34.5 Å². The molecule has 0 bridgehead atoms. The lowest BCUT2D eigenvalue weighted by Gasteiger charge is -2.35. The monoisotopic (exact) mass is 359 g/mol. The molecule has 1 aliphatic rings. The van der Waals surface area contributed by atoms with Gasteiger partial charge in [-0.3, -0.25) is 4.79 Å². The molecule has 1 aliphatic carbocycles. The quantitative estimate of drug-likeness (QED) is 0.862. The Hall–Kier alpha value is -0.580. The normalized spacial score (nSPS) is 26.3. The number of amides is 1. The van der Waals surface area contributed by atoms with Gasteiger partial charge in [-0.2, -0.15) is 0 Å². The lowest BCUT2D eigenvalue weighted by atomic mass is 9.79. The highest BCUT2D eigenvalue weighted by atomic mass is 79.9. The smallest absolute Gasteiger partial charge is 0.252 e. The van der Waals surface area contributed by atoms with Crippen LogP contribution in [0.4, 0.5) is 0 Å². The fourth-order valence-corrected chi connectivity index (χ4v) is 3.05. The topological polar surface area (TPSA) is 49.3 Å². The molecular formula is C15H19BrClNO2. The lowest BCUT2D eigenvalue weighted by Crippen LogP contribution is -2.45. The minimum Gasteiger partial charge on any atom is -0.388 e. The van der Waals surface area contributed by atoms with E-state index < -0.39 is 5.60 Å². The summed E-state index contributed by atoms with van der Waals surface area (Å²) in [5.41, 5.74) is -0.352. The number of hydrogen-bond acceptors (Lipinski definition) is 2. The number of carbonyl (C=O) groups excluding carboxylic acids is 1. The Labute approximate surface area is 132 Å². The first-order valence-corrected chi connectivity index (χ1v) is 8.02. The summed E-state index contributed by atoms with van der Waals surface area (Å²) in [6.07, 6.45) is 3.48. The van der Waals surface area contributed by atoms with Gasteiger partial charge in [0, 0.05) is 11.0 Å². The molecule has 0 radical (unpaired) electrons. The van der Waals surface area contributed by atoms with Crippen LogP contribution in [0.25, 0.3) is 0 Å². The molecule has 20 heavy (non-hydrogen) atoms. The van der Waals surface area contributed by atoms with Crippen molar-refractivity contribution in [2.45, 2.75) is 38.2 Å². The number of nitrogens with one attached hydrogen (secondary N) is 1. The molecule has 1 aromatic rings. The molecule has 0 saturated heterocycles. The summed E-state index contributed by atoms with van der Waals surface area (Å²) in [6.45, 7) is 2.47. The summed E-state index contributed by atoms with van der Waals surface area (Å²) in [7, 11) is 0. The summed E-state index contributed by atoms with van der Waals surface area (Å²) in [5.74, 6) is 0.411. The number of benzene rings is 1. The van der Waals surface area contributed by atoms with Crippen LogP contribution in [0, 0.1) is 5.92 Å². The van der Waals surface area contributed by atoms with Crippen molar-refractivity contribution < 1.29 is 9.90 Å². The molecule has 0 aromatic heterocycles. The molecule has 1 fully saturated rings. The Kier molecular flexibility index (Phi) is 5.10. The fraction of sp³-hybridized carbons (Fsp3) is 0.533. The van der Waals surface area contributed by atoms with E-state index in [1.807, 2.05) is 0 Å². The molecule has 0 unspecified atom stereocenters. The predicted molar refractivity (Wildman–Crippen MR) is 84.1 cm³/mol. The highest BCUT2D eigenvalue weighted by Gasteiger charge is 2.32. The van der Waals surface area contributed by atoms with Gasteiger partial charge < -0.3 is 10.4 Å². The summed E-state index contributed by atoms with van der Waals surface area (Å²) in [5, 5.41) is 13.7. The second-order valence-corrected chi connectivity index (χ2v) is 7.04. The van der Waals surface area contributed by atoms with Crippen molar-refractivity contribution in [1.29, 1.82) is 0 Å². The van der Waals surface area contributed by atoms with Crippen molar-refractivity contribution in [3.8, 4) is 0 Å². The number of aliphatic hydroxyl groups is 1. The fourth-order valence-electron chi connectivity index (χ4n) is 2.49. The van der Waals surface area contributed by atoms with Gasteiger partial charge >= 0.3 is 0 Å². The lowest BCUT2D eigenvalue weighted by molar-refractivity contribution is -0.00539. The number of hydrogen-bond donors (Lipinski definition) is 2. The predicted octanol–water partition coefficient (Wildman–Crippen LogP) is 3.77. The summed E-state index contributed by atoms with van der Waals surface area (Å²) in [6, 6.07) is 5.15. The van der Waals surface area contributed by atoms with Crippen molar-refractivity contribution in [2.24, 2.45) is 5.92 Å². The zero-order valence-corrected chi connectivity index (χ0v) is 13.8. The van der Waals surface area contributed by atoms with E-state index in [1.54, 1.807) is 18.2 Å². The van der Waals surface area contributed by atoms with E-state index in [0.717, 1.165) is 30.2 Å². The van der Waals surface area contributed by atoms with Crippen LogP contribution < -0.4 is 5.32 Å². The molecule has 0 atom stereocenters. The van der Waals surface area contributed by atoms with Crippen LogP contribution in [0.3, 0.4) is 0 Å². The molecule has 0 aliphatic heterocycles. The molecule has 1 saturated carbocycles. The third kappa shape index (κ3) is 3.96. The van der Waals surface area contributed by atoms with E-state index in [-0.39, 0.29) is 12.5 Å². The first-order valence-electron chi connectivity index (χ1n) is 6.85. The van der Waals surface area contributed by atoms with Gasteiger partial charge in [0.2, 0.25) is 0 Å². The zero-order valence-electron chi connectivity index (χ0n) is 11.5. The van der Waals surface area contributed by atoms with E-state index in [9.17, 15) is 9.90 Å². The van der Waals surface area contributed by atoms with Crippen LogP contribution >= 0.6 is 27.5 Å². The van der Waals surface area contributed by atoms with Crippen LogP contribution in [-0.4, -0.2) is 23.2 Å². The van der Waals surface area contributed by atoms with Crippen LogP contribution in [0.15, 0.2) is 22.7 Å². The van der Waals surface area contributed by atoms with Crippen molar-refractivity contribution >= 4 is 33.4 Å².